The molecule has 1 heterocycles. The average Bonchev–Trinajstić information content (AvgIpc) is 2.61. The maximum atomic E-state index is 10.8. The fraction of sp³-hybridized carbons (Fsp3) is 0.700. The van der Waals surface area contributed by atoms with Gasteiger partial charge in [-0.05, 0) is 19.3 Å². The van der Waals surface area contributed by atoms with Crippen LogP contribution in [0.15, 0.2) is 0 Å². The van der Waals surface area contributed by atoms with Gasteiger partial charge in [-0.25, -0.2) is 4.98 Å². The smallest absolute Gasteiger partial charge is 0.305 e. The molecule has 0 radical (unpaired) electrons. The van der Waals surface area contributed by atoms with Crippen molar-refractivity contribution in [2.24, 2.45) is 0 Å². The number of nitrogens with one attached hydrogen (secondary N) is 1. The van der Waals surface area contributed by atoms with Gasteiger partial charge in [0.2, 0.25) is 5.13 Å². The van der Waals surface area contributed by atoms with Gasteiger partial charge >= 0.3 is 5.97 Å². The van der Waals surface area contributed by atoms with Crippen LogP contribution in [0.3, 0.4) is 0 Å². The zero-order valence-electron chi connectivity index (χ0n) is 9.19. The Balaban J connectivity index is 2.03. The van der Waals surface area contributed by atoms with Crippen molar-refractivity contribution >= 4 is 22.6 Å². The Hall–Kier alpha value is -1.17. The van der Waals surface area contributed by atoms with Gasteiger partial charge in [-0.1, -0.05) is 6.92 Å². The Morgan fingerprint density at radius 3 is 2.81 bits per heavy atom. The van der Waals surface area contributed by atoms with E-state index in [1.54, 1.807) is 0 Å². The van der Waals surface area contributed by atoms with Crippen LogP contribution in [0.2, 0.25) is 0 Å². The predicted molar refractivity (Wildman–Crippen MR) is 61.7 cm³/mol. The minimum Gasteiger partial charge on any atom is -0.481 e. The van der Waals surface area contributed by atoms with E-state index < -0.39 is 5.97 Å². The minimum absolute atomic E-state index is 0.161. The third-order valence-electron chi connectivity index (χ3n) is 2.96. The second-order valence-electron chi connectivity index (χ2n) is 4.20. The number of anilines is 1. The van der Waals surface area contributed by atoms with Crippen molar-refractivity contribution in [3.63, 3.8) is 0 Å². The molecule has 1 aliphatic carbocycles. The van der Waals surface area contributed by atoms with Crippen molar-refractivity contribution in [3.8, 4) is 0 Å². The van der Waals surface area contributed by atoms with Gasteiger partial charge in [0.25, 0.3) is 0 Å². The number of carbonyl (C=O) groups is 1. The zero-order valence-corrected chi connectivity index (χ0v) is 10.0. The number of carboxylic acids is 1. The predicted octanol–water partition coefficient (Wildman–Crippen LogP) is 1.91. The van der Waals surface area contributed by atoms with Gasteiger partial charge in [0, 0.05) is 18.0 Å². The summed E-state index contributed by atoms with van der Waals surface area (Å²) in [5, 5.41) is 12.9. The maximum absolute atomic E-state index is 10.8. The summed E-state index contributed by atoms with van der Waals surface area (Å²) in [6.45, 7) is 2.00. The molecule has 1 aromatic heterocycles. The highest BCUT2D eigenvalue weighted by Crippen LogP contribution is 2.38. The molecule has 88 valence electrons. The van der Waals surface area contributed by atoms with Gasteiger partial charge in [0.05, 0.1) is 12.0 Å². The SMILES string of the molecule is CCc1nsc(NC2(CC(=O)O)CCC2)n1. The lowest BCUT2D eigenvalue weighted by atomic mass is 9.74. The topological polar surface area (TPSA) is 75.1 Å². The van der Waals surface area contributed by atoms with Crippen molar-refractivity contribution < 1.29 is 9.90 Å². The second kappa shape index (κ2) is 4.37. The van der Waals surface area contributed by atoms with Crippen molar-refractivity contribution in [2.75, 3.05) is 5.32 Å². The third kappa shape index (κ3) is 2.32. The van der Waals surface area contributed by atoms with E-state index in [1.807, 2.05) is 6.92 Å². The standard InChI is InChI=1S/C10H15N3O2S/c1-2-7-11-9(16-13-7)12-10(4-3-5-10)6-8(14)15/h2-6H2,1H3,(H,14,15)(H,11,12,13). The molecule has 2 N–H and O–H groups in total. The number of aryl methyl sites for hydroxylation is 1. The number of carboxylic acid groups (broad SMARTS) is 1. The van der Waals surface area contributed by atoms with Crippen LogP contribution >= 0.6 is 11.5 Å². The molecule has 6 heteroatoms. The summed E-state index contributed by atoms with van der Waals surface area (Å²) in [5.41, 5.74) is -0.281. The van der Waals surface area contributed by atoms with E-state index in [2.05, 4.69) is 14.7 Å². The Kier molecular flexibility index (Phi) is 3.09. The zero-order chi connectivity index (χ0) is 11.6. The quantitative estimate of drug-likeness (QED) is 0.823. The molecule has 1 aromatic rings. The monoisotopic (exact) mass is 241 g/mol. The first kappa shape index (κ1) is 11.3. The molecule has 0 spiro atoms. The summed E-state index contributed by atoms with van der Waals surface area (Å²) in [6.07, 6.45) is 3.86. The Morgan fingerprint density at radius 2 is 2.38 bits per heavy atom. The maximum Gasteiger partial charge on any atom is 0.305 e. The van der Waals surface area contributed by atoms with E-state index in [9.17, 15) is 4.79 Å². The molecule has 0 aromatic carbocycles. The van der Waals surface area contributed by atoms with Crippen LogP contribution in [-0.2, 0) is 11.2 Å². The van der Waals surface area contributed by atoms with Gasteiger partial charge in [0.15, 0.2) is 0 Å². The number of aliphatic carboxylic acids is 1. The first-order chi connectivity index (χ1) is 7.63. The third-order valence-corrected chi connectivity index (χ3v) is 3.63. The summed E-state index contributed by atoms with van der Waals surface area (Å²) in [6, 6.07) is 0. The molecule has 0 aliphatic heterocycles. The van der Waals surface area contributed by atoms with Crippen molar-refractivity contribution in [2.45, 2.75) is 44.6 Å². The van der Waals surface area contributed by atoms with E-state index >= 15 is 0 Å². The first-order valence-corrected chi connectivity index (χ1v) is 6.23. The van der Waals surface area contributed by atoms with Crippen LogP contribution in [0.25, 0.3) is 0 Å². The lowest BCUT2D eigenvalue weighted by Crippen LogP contribution is -2.46. The highest BCUT2D eigenvalue weighted by Gasteiger charge is 2.39. The van der Waals surface area contributed by atoms with E-state index in [-0.39, 0.29) is 12.0 Å². The summed E-state index contributed by atoms with van der Waals surface area (Å²) in [4.78, 5) is 15.1. The number of nitrogens with zero attached hydrogens (tertiary/aromatic N) is 2. The highest BCUT2D eigenvalue weighted by atomic mass is 32.1. The fourth-order valence-electron chi connectivity index (χ4n) is 1.91. The normalized spacial score (nSPS) is 17.8. The molecule has 0 saturated heterocycles. The minimum atomic E-state index is -0.757. The number of hydrogen-bond acceptors (Lipinski definition) is 5. The fourth-order valence-corrected chi connectivity index (χ4v) is 2.68. The van der Waals surface area contributed by atoms with Crippen LogP contribution in [0, 0.1) is 0 Å². The largest absolute Gasteiger partial charge is 0.481 e. The van der Waals surface area contributed by atoms with E-state index in [0.29, 0.717) is 0 Å². The lowest BCUT2D eigenvalue weighted by molar-refractivity contribution is -0.138. The summed E-state index contributed by atoms with van der Waals surface area (Å²) in [5.74, 6) is 0.0599. The molecule has 1 fully saturated rings. The van der Waals surface area contributed by atoms with Crippen LogP contribution in [0.5, 0.6) is 0 Å². The summed E-state index contributed by atoms with van der Waals surface area (Å²) in [7, 11) is 0. The van der Waals surface area contributed by atoms with E-state index in [0.717, 1.165) is 36.6 Å². The highest BCUT2D eigenvalue weighted by molar-refractivity contribution is 7.09. The molecule has 1 aliphatic rings. The van der Waals surface area contributed by atoms with Gasteiger partial charge < -0.3 is 10.4 Å². The Bertz CT molecular complexity index is 387. The van der Waals surface area contributed by atoms with E-state index in [4.69, 9.17) is 5.11 Å². The van der Waals surface area contributed by atoms with Crippen molar-refractivity contribution in [1.82, 2.24) is 9.36 Å². The van der Waals surface area contributed by atoms with E-state index in [1.165, 1.54) is 11.5 Å². The molecule has 0 unspecified atom stereocenters. The summed E-state index contributed by atoms with van der Waals surface area (Å²) < 4.78 is 4.18. The molecule has 0 atom stereocenters. The number of aromatic nitrogens is 2. The Morgan fingerprint density at radius 1 is 1.62 bits per heavy atom. The van der Waals surface area contributed by atoms with Gasteiger partial charge in [-0.15, -0.1) is 0 Å². The number of hydrogen-bond donors (Lipinski definition) is 2. The van der Waals surface area contributed by atoms with Crippen LogP contribution < -0.4 is 5.32 Å². The molecule has 16 heavy (non-hydrogen) atoms. The molecule has 0 amide bonds. The first-order valence-electron chi connectivity index (χ1n) is 5.46. The molecular formula is C10H15N3O2S. The Labute approximate surface area is 98.1 Å². The van der Waals surface area contributed by atoms with Crippen molar-refractivity contribution in [3.05, 3.63) is 5.82 Å². The van der Waals surface area contributed by atoms with Gasteiger partial charge in [-0.2, -0.15) is 4.37 Å². The molecular weight excluding hydrogens is 226 g/mol. The van der Waals surface area contributed by atoms with Crippen LogP contribution in [0.4, 0.5) is 5.13 Å². The van der Waals surface area contributed by atoms with Crippen LogP contribution in [-0.4, -0.2) is 26.0 Å². The van der Waals surface area contributed by atoms with Gasteiger partial charge in [0.1, 0.15) is 5.82 Å². The number of rotatable bonds is 5. The summed E-state index contributed by atoms with van der Waals surface area (Å²) >= 11 is 1.31. The van der Waals surface area contributed by atoms with Crippen LogP contribution in [0.1, 0.15) is 38.4 Å². The molecule has 2 rings (SSSR count). The second-order valence-corrected chi connectivity index (χ2v) is 4.95. The van der Waals surface area contributed by atoms with Crippen molar-refractivity contribution in [1.29, 1.82) is 0 Å². The van der Waals surface area contributed by atoms with Gasteiger partial charge in [-0.3, -0.25) is 4.79 Å². The molecule has 0 bridgehead atoms. The molecule has 5 nitrogen and oxygen atoms in total. The average molecular weight is 241 g/mol. The lowest BCUT2D eigenvalue weighted by Gasteiger charge is -2.41. The molecule has 1 saturated carbocycles.